The first-order chi connectivity index (χ1) is 12.0. The molecule has 0 aliphatic carbocycles. The van der Waals surface area contributed by atoms with Gasteiger partial charge in [0, 0.05) is 35.4 Å². The van der Waals surface area contributed by atoms with E-state index in [2.05, 4.69) is 15.6 Å². The molecule has 0 radical (unpaired) electrons. The fourth-order valence-electron chi connectivity index (χ4n) is 2.60. The second kappa shape index (κ2) is 7.48. The number of fused-ring (bicyclic) bond motifs is 1. The first-order valence-electron chi connectivity index (χ1n) is 7.70. The number of benzene rings is 2. The van der Waals surface area contributed by atoms with Crippen molar-refractivity contribution < 1.29 is 13.5 Å². The number of thiocarbonyl (C=S) groups is 1. The normalized spacial score (nSPS) is 10.7. The van der Waals surface area contributed by atoms with Crippen molar-refractivity contribution in [3.63, 3.8) is 0 Å². The number of ether oxygens (including phenoxy) is 1. The van der Waals surface area contributed by atoms with Gasteiger partial charge in [0.05, 0.1) is 7.11 Å². The van der Waals surface area contributed by atoms with E-state index < -0.39 is 11.6 Å². The number of halogens is 2. The summed E-state index contributed by atoms with van der Waals surface area (Å²) < 4.78 is 31.6. The number of rotatable bonds is 5. The minimum atomic E-state index is -0.655. The fraction of sp³-hybridized carbons (Fsp3) is 0.167. The zero-order chi connectivity index (χ0) is 17.8. The lowest BCUT2D eigenvalue weighted by Gasteiger charge is -2.10. The van der Waals surface area contributed by atoms with Gasteiger partial charge in [-0.25, -0.2) is 8.78 Å². The van der Waals surface area contributed by atoms with E-state index in [9.17, 15) is 8.78 Å². The van der Waals surface area contributed by atoms with Crippen molar-refractivity contribution in [1.29, 1.82) is 0 Å². The minimum absolute atomic E-state index is 0.270. The summed E-state index contributed by atoms with van der Waals surface area (Å²) in [5.74, 6) is -0.511. The Kier molecular flexibility index (Phi) is 5.14. The van der Waals surface area contributed by atoms with Crippen molar-refractivity contribution in [3.8, 4) is 5.75 Å². The molecule has 0 spiro atoms. The van der Waals surface area contributed by atoms with Crippen LogP contribution in [-0.2, 0) is 6.42 Å². The second-order valence-electron chi connectivity index (χ2n) is 5.51. The van der Waals surface area contributed by atoms with Crippen LogP contribution < -0.4 is 15.4 Å². The summed E-state index contributed by atoms with van der Waals surface area (Å²) in [6.45, 7) is 0.577. The van der Waals surface area contributed by atoms with Crippen molar-refractivity contribution >= 4 is 33.9 Å². The van der Waals surface area contributed by atoms with Crippen LogP contribution in [0.5, 0.6) is 5.75 Å². The van der Waals surface area contributed by atoms with Gasteiger partial charge in [-0.05, 0) is 54.5 Å². The molecule has 25 heavy (non-hydrogen) atoms. The summed E-state index contributed by atoms with van der Waals surface area (Å²) >= 11 is 5.16. The van der Waals surface area contributed by atoms with Crippen LogP contribution in [0.15, 0.2) is 42.6 Å². The molecule has 1 aromatic heterocycles. The van der Waals surface area contributed by atoms with E-state index in [0.29, 0.717) is 11.7 Å². The van der Waals surface area contributed by atoms with Gasteiger partial charge in [0.25, 0.3) is 0 Å². The molecular formula is C18H17F2N3OS. The van der Waals surface area contributed by atoms with Gasteiger partial charge >= 0.3 is 0 Å². The second-order valence-corrected chi connectivity index (χ2v) is 5.92. The van der Waals surface area contributed by atoms with Crippen LogP contribution in [0.1, 0.15) is 5.56 Å². The molecule has 0 saturated heterocycles. The summed E-state index contributed by atoms with van der Waals surface area (Å²) in [4.78, 5) is 3.21. The third kappa shape index (κ3) is 4.24. The Balaban J connectivity index is 1.58. The van der Waals surface area contributed by atoms with Gasteiger partial charge in [-0.15, -0.1) is 0 Å². The first-order valence-corrected chi connectivity index (χ1v) is 8.11. The maximum Gasteiger partial charge on any atom is 0.170 e. The molecule has 3 rings (SSSR count). The number of aromatic amines is 1. The molecular weight excluding hydrogens is 344 g/mol. The van der Waals surface area contributed by atoms with Crippen molar-refractivity contribution in [3.05, 3.63) is 59.8 Å². The minimum Gasteiger partial charge on any atom is -0.497 e. The molecule has 7 heteroatoms. The molecule has 2 aromatic carbocycles. The molecule has 0 amide bonds. The Morgan fingerprint density at radius 2 is 1.92 bits per heavy atom. The predicted octanol–water partition coefficient (Wildman–Crippen LogP) is 3.98. The zero-order valence-electron chi connectivity index (χ0n) is 13.5. The average molecular weight is 361 g/mol. The molecule has 130 valence electrons. The number of nitrogens with one attached hydrogen (secondary N) is 3. The van der Waals surface area contributed by atoms with Crippen molar-refractivity contribution in [2.24, 2.45) is 0 Å². The van der Waals surface area contributed by atoms with Crippen LogP contribution in [0.2, 0.25) is 0 Å². The number of hydrogen-bond donors (Lipinski definition) is 3. The highest BCUT2D eigenvalue weighted by molar-refractivity contribution is 7.80. The zero-order valence-corrected chi connectivity index (χ0v) is 14.3. The third-order valence-electron chi connectivity index (χ3n) is 3.77. The number of hydrogen-bond acceptors (Lipinski definition) is 2. The van der Waals surface area contributed by atoms with Gasteiger partial charge in [0.2, 0.25) is 0 Å². The largest absolute Gasteiger partial charge is 0.497 e. The lowest BCUT2D eigenvalue weighted by atomic mass is 10.1. The van der Waals surface area contributed by atoms with Crippen LogP contribution in [-0.4, -0.2) is 23.8 Å². The number of aromatic nitrogens is 1. The predicted molar refractivity (Wildman–Crippen MR) is 99.1 cm³/mol. The lowest BCUT2D eigenvalue weighted by Crippen LogP contribution is -2.30. The summed E-state index contributed by atoms with van der Waals surface area (Å²) in [5.41, 5.74) is 2.43. The third-order valence-corrected chi connectivity index (χ3v) is 4.02. The average Bonchev–Trinajstić information content (AvgIpc) is 2.96. The SMILES string of the molecule is COc1ccc2[nH]cc(CCNC(=S)Nc3cc(F)cc(F)c3)c2c1. The van der Waals surface area contributed by atoms with Crippen LogP contribution in [0.3, 0.4) is 0 Å². The van der Waals surface area contributed by atoms with E-state index in [4.69, 9.17) is 17.0 Å². The van der Waals surface area contributed by atoms with Gasteiger partial charge in [0.15, 0.2) is 5.11 Å². The molecule has 0 aliphatic heterocycles. The van der Waals surface area contributed by atoms with E-state index in [1.165, 1.54) is 12.1 Å². The molecule has 4 nitrogen and oxygen atoms in total. The van der Waals surface area contributed by atoms with E-state index in [-0.39, 0.29) is 5.69 Å². The Labute approximate surface area is 149 Å². The molecule has 1 heterocycles. The van der Waals surface area contributed by atoms with Gasteiger partial charge < -0.3 is 20.4 Å². The molecule has 0 saturated carbocycles. The lowest BCUT2D eigenvalue weighted by molar-refractivity contribution is 0.415. The molecule has 0 bridgehead atoms. The molecule has 0 fully saturated rings. The number of methoxy groups -OCH3 is 1. The summed E-state index contributed by atoms with van der Waals surface area (Å²) in [6.07, 6.45) is 2.68. The summed E-state index contributed by atoms with van der Waals surface area (Å²) in [7, 11) is 1.63. The molecule has 3 N–H and O–H groups in total. The topological polar surface area (TPSA) is 49.1 Å². The van der Waals surface area contributed by atoms with Crippen LogP contribution in [0.25, 0.3) is 10.9 Å². The van der Waals surface area contributed by atoms with Gasteiger partial charge in [0.1, 0.15) is 17.4 Å². The standard InChI is InChI=1S/C18H17F2N3OS/c1-24-15-2-3-17-16(9-15)11(10-22-17)4-5-21-18(25)23-14-7-12(19)6-13(20)8-14/h2-3,6-10,22H,4-5H2,1H3,(H2,21,23,25). The van der Waals surface area contributed by atoms with E-state index in [1.54, 1.807) is 7.11 Å². The highest BCUT2D eigenvalue weighted by Gasteiger charge is 2.06. The Bertz CT molecular complexity index is 890. The smallest absolute Gasteiger partial charge is 0.170 e. The van der Waals surface area contributed by atoms with Gasteiger partial charge in [-0.2, -0.15) is 0 Å². The van der Waals surface area contributed by atoms with Crippen molar-refractivity contribution in [2.75, 3.05) is 19.0 Å². The first kappa shape index (κ1) is 17.2. The number of H-pyrrole nitrogens is 1. The molecule has 0 aliphatic rings. The number of anilines is 1. The Hall–Kier alpha value is -2.67. The highest BCUT2D eigenvalue weighted by atomic mass is 32.1. The van der Waals surface area contributed by atoms with Crippen molar-refractivity contribution in [1.82, 2.24) is 10.3 Å². The Morgan fingerprint density at radius 3 is 2.64 bits per heavy atom. The monoisotopic (exact) mass is 361 g/mol. The van der Waals surface area contributed by atoms with Gasteiger partial charge in [-0.3, -0.25) is 0 Å². The van der Waals surface area contributed by atoms with Gasteiger partial charge in [-0.1, -0.05) is 0 Å². The van der Waals surface area contributed by atoms with E-state index >= 15 is 0 Å². The molecule has 3 aromatic rings. The highest BCUT2D eigenvalue weighted by Crippen LogP contribution is 2.23. The van der Waals surface area contributed by atoms with E-state index in [1.807, 2.05) is 24.4 Å². The fourth-order valence-corrected chi connectivity index (χ4v) is 2.82. The maximum atomic E-state index is 13.2. The quantitative estimate of drug-likeness (QED) is 0.602. The van der Waals surface area contributed by atoms with Crippen LogP contribution in [0, 0.1) is 11.6 Å². The van der Waals surface area contributed by atoms with Crippen molar-refractivity contribution in [2.45, 2.75) is 6.42 Å². The van der Waals surface area contributed by atoms with Crippen LogP contribution >= 0.6 is 12.2 Å². The van der Waals surface area contributed by atoms with Crippen LogP contribution in [0.4, 0.5) is 14.5 Å². The Morgan fingerprint density at radius 1 is 1.16 bits per heavy atom. The maximum absolute atomic E-state index is 13.2. The molecule has 0 atom stereocenters. The summed E-state index contributed by atoms with van der Waals surface area (Å²) in [5, 5.41) is 7.20. The summed E-state index contributed by atoms with van der Waals surface area (Å²) in [6, 6.07) is 9.03. The van der Waals surface area contributed by atoms with E-state index in [0.717, 1.165) is 34.7 Å². The molecule has 0 unspecified atom stereocenters.